The Morgan fingerprint density at radius 3 is 2.60 bits per heavy atom. The van der Waals surface area contributed by atoms with E-state index in [2.05, 4.69) is 0 Å². The molecule has 3 heteroatoms. The van der Waals surface area contributed by atoms with Gasteiger partial charge in [-0.15, -0.1) is 0 Å². The van der Waals surface area contributed by atoms with Crippen LogP contribution in [0.5, 0.6) is 0 Å². The molecule has 0 aliphatic carbocycles. The van der Waals surface area contributed by atoms with E-state index in [0.29, 0.717) is 0 Å². The fourth-order valence-corrected chi connectivity index (χ4v) is 2.15. The third kappa shape index (κ3) is 2.92. The van der Waals surface area contributed by atoms with Gasteiger partial charge in [-0.1, -0.05) is 42.0 Å². The van der Waals surface area contributed by atoms with Crippen molar-refractivity contribution in [3.63, 3.8) is 0 Å². The number of nitriles is 1. The largest absolute Gasteiger partial charge is 0.293 e. The van der Waals surface area contributed by atoms with E-state index in [9.17, 15) is 9.18 Å². The molecule has 2 aromatic carbocycles. The van der Waals surface area contributed by atoms with Gasteiger partial charge in [0.25, 0.3) is 0 Å². The molecule has 0 saturated carbocycles. The zero-order chi connectivity index (χ0) is 14.5. The first-order chi connectivity index (χ1) is 9.63. The van der Waals surface area contributed by atoms with Crippen molar-refractivity contribution in [2.24, 2.45) is 0 Å². The lowest BCUT2D eigenvalue weighted by Crippen LogP contribution is -2.14. The topological polar surface area (TPSA) is 40.9 Å². The van der Waals surface area contributed by atoms with Crippen molar-refractivity contribution < 1.29 is 9.18 Å². The first-order valence-corrected chi connectivity index (χ1v) is 6.35. The highest BCUT2D eigenvalue weighted by molar-refractivity contribution is 6.01. The molecule has 0 aromatic heterocycles. The average molecular weight is 267 g/mol. The maximum absolute atomic E-state index is 13.8. The number of carbonyl (C=O) groups is 1. The minimum Gasteiger partial charge on any atom is -0.293 e. The minimum absolute atomic E-state index is 0.0379. The summed E-state index contributed by atoms with van der Waals surface area (Å²) >= 11 is 0. The molecule has 0 aliphatic heterocycles. The highest BCUT2D eigenvalue weighted by Gasteiger charge is 2.24. The monoisotopic (exact) mass is 267 g/mol. The zero-order valence-corrected chi connectivity index (χ0v) is 11.1. The number of carbonyl (C=O) groups excluding carboxylic acids is 1. The van der Waals surface area contributed by atoms with Gasteiger partial charge in [0.05, 0.1) is 17.6 Å². The molecule has 0 fully saturated rings. The van der Waals surface area contributed by atoms with Crippen LogP contribution in [-0.4, -0.2) is 5.78 Å². The molecule has 0 N–H and O–H groups in total. The third-order valence-electron chi connectivity index (χ3n) is 3.20. The number of rotatable bonds is 4. The van der Waals surface area contributed by atoms with E-state index < -0.39 is 11.7 Å². The van der Waals surface area contributed by atoms with E-state index in [4.69, 9.17) is 5.26 Å². The van der Waals surface area contributed by atoms with Crippen LogP contribution in [0.3, 0.4) is 0 Å². The predicted octanol–water partition coefficient (Wildman–Crippen LogP) is 4.01. The molecule has 2 nitrogen and oxygen atoms in total. The van der Waals surface area contributed by atoms with Crippen LogP contribution in [-0.2, 0) is 0 Å². The number of Topliss-reactive ketones (excluding diaryl/α,β-unsaturated/α-hetero) is 1. The lowest BCUT2D eigenvalue weighted by atomic mass is 9.88. The van der Waals surface area contributed by atoms with Crippen molar-refractivity contribution in [3.05, 3.63) is 71.0 Å². The molecule has 1 atom stereocenters. The van der Waals surface area contributed by atoms with Crippen LogP contribution in [0.1, 0.15) is 33.8 Å². The van der Waals surface area contributed by atoms with Gasteiger partial charge in [0, 0.05) is 6.42 Å². The predicted molar refractivity (Wildman–Crippen MR) is 74.9 cm³/mol. The molecule has 0 amide bonds. The Balaban J connectivity index is 2.42. The van der Waals surface area contributed by atoms with Gasteiger partial charge in [-0.25, -0.2) is 4.39 Å². The summed E-state index contributed by atoms with van der Waals surface area (Å²) in [5.74, 6) is -1.52. The molecule has 100 valence electrons. The van der Waals surface area contributed by atoms with E-state index in [0.717, 1.165) is 11.1 Å². The second-order valence-electron chi connectivity index (χ2n) is 4.67. The van der Waals surface area contributed by atoms with Crippen molar-refractivity contribution in [2.75, 3.05) is 0 Å². The Labute approximate surface area is 117 Å². The minimum atomic E-state index is -0.627. The molecule has 0 radical (unpaired) electrons. The van der Waals surface area contributed by atoms with Crippen LogP contribution >= 0.6 is 0 Å². The number of benzene rings is 2. The Hall–Kier alpha value is -2.47. The number of hydrogen-bond donors (Lipinski definition) is 0. The SMILES string of the molecule is Cc1ccc(F)c(C(=O)C(CC#N)c2ccccc2)c1. The highest BCUT2D eigenvalue weighted by Crippen LogP contribution is 2.25. The molecule has 0 spiro atoms. The molecule has 20 heavy (non-hydrogen) atoms. The maximum atomic E-state index is 13.8. The highest BCUT2D eigenvalue weighted by atomic mass is 19.1. The van der Waals surface area contributed by atoms with E-state index >= 15 is 0 Å². The molecular weight excluding hydrogens is 253 g/mol. The molecule has 2 rings (SSSR count). The summed E-state index contributed by atoms with van der Waals surface area (Å²) in [7, 11) is 0. The molecule has 0 saturated heterocycles. The summed E-state index contributed by atoms with van der Waals surface area (Å²) in [6.07, 6.45) is 0.0379. The summed E-state index contributed by atoms with van der Waals surface area (Å²) in [6, 6.07) is 15.5. The first kappa shape index (κ1) is 14.0. The molecular formula is C17H14FNO. The molecule has 0 aliphatic rings. The van der Waals surface area contributed by atoms with Crippen molar-refractivity contribution in [1.82, 2.24) is 0 Å². The van der Waals surface area contributed by atoms with Crippen molar-refractivity contribution in [1.29, 1.82) is 5.26 Å². The summed E-state index contributed by atoms with van der Waals surface area (Å²) in [5.41, 5.74) is 1.60. The van der Waals surface area contributed by atoms with E-state index in [1.54, 1.807) is 37.3 Å². The summed E-state index contributed by atoms with van der Waals surface area (Å²) in [4.78, 5) is 12.5. The third-order valence-corrected chi connectivity index (χ3v) is 3.20. The van der Waals surface area contributed by atoms with Gasteiger partial charge >= 0.3 is 0 Å². The van der Waals surface area contributed by atoms with Gasteiger partial charge in [-0.05, 0) is 24.6 Å². The lowest BCUT2D eigenvalue weighted by Gasteiger charge is -2.14. The van der Waals surface area contributed by atoms with Crippen LogP contribution < -0.4 is 0 Å². The van der Waals surface area contributed by atoms with Gasteiger partial charge in [0.1, 0.15) is 5.82 Å². The van der Waals surface area contributed by atoms with E-state index in [1.165, 1.54) is 12.1 Å². The van der Waals surface area contributed by atoms with Crippen LogP contribution in [0.15, 0.2) is 48.5 Å². The second-order valence-corrected chi connectivity index (χ2v) is 4.67. The van der Waals surface area contributed by atoms with Crippen LogP contribution in [0, 0.1) is 24.1 Å². The normalized spacial score (nSPS) is 11.7. The number of aryl methyl sites for hydroxylation is 1. The Kier molecular flexibility index (Phi) is 4.27. The summed E-state index contributed by atoms with van der Waals surface area (Å²) < 4.78 is 13.8. The van der Waals surface area contributed by atoms with E-state index in [-0.39, 0.29) is 17.8 Å². The molecule has 1 unspecified atom stereocenters. The number of ketones is 1. The second kappa shape index (κ2) is 6.12. The van der Waals surface area contributed by atoms with Crippen LogP contribution in [0.4, 0.5) is 4.39 Å². The Morgan fingerprint density at radius 1 is 1.25 bits per heavy atom. The van der Waals surface area contributed by atoms with Gasteiger partial charge in [0.2, 0.25) is 0 Å². The Bertz CT molecular complexity index is 658. The average Bonchev–Trinajstić information content (AvgIpc) is 2.47. The van der Waals surface area contributed by atoms with Crippen LogP contribution in [0.2, 0.25) is 0 Å². The van der Waals surface area contributed by atoms with Gasteiger partial charge in [0.15, 0.2) is 5.78 Å². The van der Waals surface area contributed by atoms with Gasteiger partial charge in [-0.2, -0.15) is 5.26 Å². The fraction of sp³-hybridized carbons (Fsp3) is 0.176. The number of hydrogen-bond acceptors (Lipinski definition) is 2. The zero-order valence-electron chi connectivity index (χ0n) is 11.1. The van der Waals surface area contributed by atoms with E-state index in [1.807, 2.05) is 12.1 Å². The van der Waals surface area contributed by atoms with Gasteiger partial charge in [-0.3, -0.25) is 4.79 Å². The van der Waals surface area contributed by atoms with Crippen molar-refractivity contribution in [2.45, 2.75) is 19.3 Å². The quantitative estimate of drug-likeness (QED) is 0.785. The van der Waals surface area contributed by atoms with Crippen molar-refractivity contribution in [3.8, 4) is 6.07 Å². The number of halogens is 1. The summed E-state index contributed by atoms with van der Waals surface area (Å²) in [5, 5.41) is 8.92. The molecule has 0 bridgehead atoms. The smallest absolute Gasteiger partial charge is 0.174 e. The van der Waals surface area contributed by atoms with Crippen LogP contribution in [0.25, 0.3) is 0 Å². The number of nitrogens with zero attached hydrogens (tertiary/aromatic N) is 1. The first-order valence-electron chi connectivity index (χ1n) is 6.35. The van der Waals surface area contributed by atoms with Gasteiger partial charge < -0.3 is 0 Å². The molecule has 0 heterocycles. The van der Waals surface area contributed by atoms with Crippen molar-refractivity contribution >= 4 is 5.78 Å². The lowest BCUT2D eigenvalue weighted by molar-refractivity contribution is 0.0956. The molecule has 2 aromatic rings. The maximum Gasteiger partial charge on any atom is 0.174 e. The standard InChI is InChI=1S/C17H14FNO/c1-12-7-8-16(18)15(11-12)17(20)14(9-10-19)13-5-3-2-4-6-13/h2-8,11,14H,9H2,1H3. The Morgan fingerprint density at radius 2 is 1.95 bits per heavy atom. The summed E-state index contributed by atoms with van der Waals surface area (Å²) in [6.45, 7) is 1.80. The fourth-order valence-electron chi connectivity index (χ4n) is 2.15.